The first-order chi connectivity index (χ1) is 7.52. The van der Waals surface area contributed by atoms with Crippen LogP contribution in [-0.2, 0) is 9.59 Å². The van der Waals surface area contributed by atoms with Crippen molar-refractivity contribution in [2.75, 3.05) is 11.5 Å². The van der Waals surface area contributed by atoms with Crippen LogP contribution >= 0.6 is 21.6 Å². The highest BCUT2D eigenvalue weighted by Crippen LogP contribution is 2.21. The largest absolute Gasteiger partial charge is 0.319 e. The van der Waals surface area contributed by atoms with Crippen molar-refractivity contribution >= 4 is 33.4 Å². The second-order valence-electron chi connectivity index (χ2n) is 2.80. The lowest BCUT2D eigenvalue weighted by Crippen LogP contribution is -2.45. The van der Waals surface area contributed by atoms with Crippen molar-refractivity contribution in [3.63, 3.8) is 0 Å². The quantitative estimate of drug-likeness (QED) is 0.0935. The van der Waals surface area contributed by atoms with E-state index in [0.717, 1.165) is 0 Å². The third-order valence-corrected chi connectivity index (χ3v) is 4.01. The van der Waals surface area contributed by atoms with Gasteiger partial charge in [-0.05, 0) is 0 Å². The summed E-state index contributed by atoms with van der Waals surface area (Å²) in [5, 5.41) is 0. The lowest BCUT2D eigenvalue weighted by atomic mass is 10.3. The summed E-state index contributed by atoms with van der Waals surface area (Å²) < 4.78 is 0. The summed E-state index contributed by atoms with van der Waals surface area (Å²) >= 11 is 0. The van der Waals surface area contributed by atoms with Gasteiger partial charge in [0.05, 0.1) is 12.1 Å². The van der Waals surface area contributed by atoms with Crippen LogP contribution in [0.1, 0.15) is 0 Å². The van der Waals surface area contributed by atoms with E-state index in [9.17, 15) is 9.59 Å². The summed E-state index contributed by atoms with van der Waals surface area (Å²) in [5.74, 6) is 9.69. The molecule has 0 aliphatic rings. The molecule has 0 aliphatic carbocycles. The van der Waals surface area contributed by atoms with Crippen molar-refractivity contribution in [3.05, 3.63) is 0 Å². The molecule has 0 saturated carbocycles. The molecule has 0 aromatic carbocycles. The molecule has 0 aliphatic heterocycles. The molecule has 2 atom stereocenters. The Kier molecular flexibility index (Phi) is 8.33. The highest BCUT2D eigenvalue weighted by molar-refractivity contribution is 8.76. The lowest BCUT2D eigenvalue weighted by molar-refractivity contribution is -0.122. The van der Waals surface area contributed by atoms with Crippen molar-refractivity contribution in [2.24, 2.45) is 23.2 Å². The molecule has 0 heterocycles. The first-order valence-electron chi connectivity index (χ1n) is 4.29. The third kappa shape index (κ3) is 6.15. The zero-order chi connectivity index (χ0) is 12.6. The fourth-order valence-corrected chi connectivity index (χ4v) is 2.85. The molecule has 0 unspecified atom stereocenters. The van der Waals surface area contributed by atoms with Gasteiger partial charge in [-0.3, -0.25) is 20.4 Å². The number of hydrogen-bond acceptors (Lipinski definition) is 8. The van der Waals surface area contributed by atoms with Crippen LogP contribution in [0.5, 0.6) is 0 Å². The zero-order valence-corrected chi connectivity index (χ0v) is 10.1. The van der Waals surface area contributed by atoms with Crippen molar-refractivity contribution in [2.45, 2.75) is 12.1 Å². The van der Waals surface area contributed by atoms with Crippen LogP contribution < -0.4 is 34.0 Å². The van der Waals surface area contributed by atoms with E-state index in [1.807, 2.05) is 10.9 Å². The minimum atomic E-state index is -0.679. The highest BCUT2D eigenvalue weighted by atomic mass is 33.1. The van der Waals surface area contributed by atoms with Gasteiger partial charge in [-0.15, -0.1) is 0 Å². The Balaban J connectivity index is 3.60. The zero-order valence-electron chi connectivity index (χ0n) is 8.51. The molecule has 2 amide bonds. The molecule has 0 fully saturated rings. The SMILES string of the molecule is NNC(=O)[C@@H](N)CSSC[C@H](N)C(=O)NN. The molecular weight excluding hydrogens is 252 g/mol. The number of nitrogens with one attached hydrogen (secondary N) is 2. The van der Waals surface area contributed by atoms with Gasteiger partial charge in [0.2, 0.25) is 0 Å². The molecule has 0 saturated heterocycles. The minimum Gasteiger partial charge on any atom is -0.319 e. The van der Waals surface area contributed by atoms with Crippen LogP contribution in [0.25, 0.3) is 0 Å². The predicted molar refractivity (Wildman–Crippen MR) is 65.5 cm³/mol. The lowest BCUT2D eigenvalue weighted by Gasteiger charge is -2.10. The molecule has 10 heteroatoms. The van der Waals surface area contributed by atoms with Crippen LogP contribution in [0.15, 0.2) is 0 Å². The number of amides is 2. The van der Waals surface area contributed by atoms with E-state index in [1.165, 1.54) is 21.6 Å². The smallest absolute Gasteiger partial charge is 0.251 e. The first-order valence-corrected chi connectivity index (χ1v) is 6.78. The van der Waals surface area contributed by atoms with Crippen LogP contribution in [0, 0.1) is 0 Å². The molecule has 0 aromatic heterocycles. The number of hydrogen-bond donors (Lipinski definition) is 6. The Morgan fingerprint density at radius 1 is 0.938 bits per heavy atom. The molecule has 0 radical (unpaired) electrons. The average Bonchev–Trinajstić information content (AvgIpc) is 2.31. The van der Waals surface area contributed by atoms with E-state index in [4.69, 9.17) is 23.2 Å². The summed E-state index contributed by atoms with van der Waals surface area (Å²) in [6.45, 7) is 0. The van der Waals surface area contributed by atoms with Gasteiger partial charge >= 0.3 is 0 Å². The Morgan fingerprint density at radius 3 is 1.50 bits per heavy atom. The fraction of sp³-hybridized carbons (Fsp3) is 0.667. The molecule has 10 N–H and O–H groups in total. The van der Waals surface area contributed by atoms with Crippen LogP contribution in [0.4, 0.5) is 0 Å². The standard InChI is InChI=1S/C6H16N6O2S2/c7-3(5(13)11-9)1-15-16-2-4(8)6(14)12-10/h3-4H,1-2,7-10H2,(H,11,13)(H,12,14)/t3-,4-/m0/s1. The van der Waals surface area contributed by atoms with Gasteiger partial charge in [-0.1, -0.05) is 21.6 Å². The van der Waals surface area contributed by atoms with Crippen LogP contribution in [0.2, 0.25) is 0 Å². The number of carbonyl (C=O) groups excluding carboxylic acids is 2. The van der Waals surface area contributed by atoms with E-state index in [0.29, 0.717) is 11.5 Å². The van der Waals surface area contributed by atoms with Crippen molar-refractivity contribution < 1.29 is 9.59 Å². The van der Waals surface area contributed by atoms with E-state index in [2.05, 4.69) is 0 Å². The molecule has 0 spiro atoms. The van der Waals surface area contributed by atoms with Gasteiger partial charge in [-0.2, -0.15) is 0 Å². The summed E-state index contributed by atoms with van der Waals surface area (Å²) in [7, 11) is 2.67. The van der Waals surface area contributed by atoms with Gasteiger partial charge in [0.15, 0.2) is 0 Å². The average molecular weight is 268 g/mol. The maximum atomic E-state index is 10.9. The predicted octanol–water partition coefficient (Wildman–Crippen LogP) is -3.00. The van der Waals surface area contributed by atoms with E-state index >= 15 is 0 Å². The number of carbonyl (C=O) groups is 2. The molecule has 0 aromatic rings. The summed E-state index contributed by atoms with van der Waals surface area (Å²) in [5.41, 5.74) is 14.8. The topological polar surface area (TPSA) is 162 Å². The van der Waals surface area contributed by atoms with Gasteiger partial charge in [0, 0.05) is 11.5 Å². The van der Waals surface area contributed by atoms with Crippen molar-refractivity contribution in [1.82, 2.24) is 10.9 Å². The van der Waals surface area contributed by atoms with Gasteiger partial charge in [0.1, 0.15) is 0 Å². The Hall–Kier alpha value is -0.520. The molecular formula is C6H16N6O2S2. The second-order valence-corrected chi connectivity index (χ2v) is 5.35. The molecule has 16 heavy (non-hydrogen) atoms. The maximum absolute atomic E-state index is 10.9. The van der Waals surface area contributed by atoms with Crippen molar-refractivity contribution in [3.8, 4) is 0 Å². The normalized spacial score (nSPS) is 14.0. The number of hydrazine groups is 2. The van der Waals surface area contributed by atoms with E-state index in [1.54, 1.807) is 0 Å². The molecule has 94 valence electrons. The maximum Gasteiger partial charge on any atom is 0.251 e. The second kappa shape index (κ2) is 8.61. The van der Waals surface area contributed by atoms with Gasteiger partial charge in [-0.25, -0.2) is 11.7 Å². The monoisotopic (exact) mass is 268 g/mol. The van der Waals surface area contributed by atoms with Crippen LogP contribution in [0.3, 0.4) is 0 Å². The Bertz CT molecular complexity index is 217. The van der Waals surface area contributed by atoms with Gasteiger partial charge < -0.3 is 11.5 Å². The summed E-state index contributed by atoms with van der Waals surface area (Å²) in [4.78, 5) is 21.8. The minimum absolute atomic E-state index is 0.380. The summed E-state index contributed by atoms with van der Waals surface area (Å²) in [6.07, 6.45) is 0. The van der Waals surface area contributed by atoms with E-state index in [-0.39, 0.29) is 0 Å². The first kappa shape index (κ1) is 15.5. The molecule has 8 nitrogen and oxygen atoms in total. The Labute approximate surface area is 101 Å². The van der Waals surface area contributed by atoms with Crippen molar-refractivity contribution in [1.29, 1.82) is 0 Å². The fourth-order valence-electron chi connectivity index (χ4n) is 0.608. The Morgan fingerprint density at radius 2 is 1.25 bits per heavy atom. The molecule has 0 bridgehead atoms. The summed E-state index contributed by atoms with van der Waals surface area (Å²) in [6, 6.07) is -1.36. The highest BCUT2D eigenvalue weighted by Gasteiger charge is 2.14. The molecule has 0 rings (SSSR count). The third-order valence-electron chi connectivity index (χ3n) is 1.54. The van der Waals surface area contributed by atoms with Crippen LogP contribution in [-0.4, -0.2) is 35.4 Å². The van der Waals surface area contributed by atoms with E-state index < -0.39 is 23.9 Å². The van der Waals surface area contributed by atoms with Gasteiger partial charge in [0.25, 0.3) is 11.8 Å². The number of nitrogens with two attached hydrogens (primary N) is 4. The number of rotatable bonds is 7.